The van der Waals surface area contributed by atoms with Gasteiger partial charge in [-0.1, -0.05) is 60.7 Å². The number of nitrogens with zero attached hydrogens (tertiary/aromatic N) is 2. The van der Waals surface area contributed by atoms with Gasteiger partial charge < -0.3 is 18.6 Å². The summed E-state index contributed by atoms with van der Waals surface area (Å²) in [5.41, 5.74) is 18.7. The second-order valence-electron chi connectivity index (χ2n) is 15.8. The SMILES string of the molecule is Cc1ccc2c(c1)Oc1cc(C)cc3c4cc(-c5cccc(-c6cccc(-c7ccc8c(c7)c7cc(C)cc9c7n8-c7ccc(C)cc7O9)c6)c5)ccc4n-2c13. The third kappa shape index (κ3) is 4.47. The molecule has 0 spiro atoms. The Bertz CT molecular complexity index is 3130. The Morgan fingerprint density at radius 1 is 0.321 bits per heavy atom. The van der Waals surface area contributed by atoms with E-state index in [-0.39, 0.29) is 0 Å². The minimum Gasteiger partial charge on any atom is -0.453 e. The fourth-order valence-corrected chi connectivity index (χ4v) is 9.28. The van der Waals surface area contributed by atoms with Gasteiger partial charge in [-0.3, -0.25) is 0 Å². The zero-order valence-corrected chi connectivity index (χ0v) is 31.6. The van der Waals surface area contributed by atoms with Crippen molar-refractivity contribution in [2.75, 3.05) is 0 Å². The monoisotopic (exact) mass is 720 g/mol. The summed E-state index contributed by atoms with van der Waals surface area (Å²) in [5, 5.41) is 4.89. The molecule has 0 amide bonds. The predicted molar refractivity (Wildman–Crippen MR) is 231 cm³/mol. The molecule has 0 bridgehead atoms. The number of rotatable bonds is 3. The molecular formula is C52H36N2O2. The van der Waals surface area contributed by atoms with Crippen molar-refractivity contribution in [2.24, 2.45) is 0 Å². The highest BCUT2D eigenvalue weighted by molar-refractivity contribution is 6.14. The fraction of sp³-hybridized carbons (Fsp3) is 0.0769. The molecule has 0 atom stereocenters. The van der Waals surface area contributed by atoms with Crippen LogP contribution in [0.15, 0.2) is 146 Å². The molecule has 2 aromatic heterocycles. The Morgan fingerprint density at radius 2 is 0.714 bits per heavy atom. The van der Waals surface area contributed by atoms with Crippen LogP contribution in [-0.2, 0) is 0 Å². The first-order chi connectivity index (χ1) is 27.3. The maximum absolute atomic E-state index is 6.51. The van der Waals surface area contributed by atoms with Crippen molar-refractivity contribution in [3.8, 4) is 67.8 Å². The third-order valence-corrected chi connectivity index (χ3v) is 11.8. The number of ether oxygens (including phenoxy) is 2. The molecule has 4 heteroatoms. The van der Waals surface area contributed by atoms with Crippen molar-refractivity contribution < 1.29 is 9.47 Å². The van der Waals surface area contributed by atoms with Crippen LogP contribution in [0.5, 0.6) is 23.0 Å². The molecule has 2 aliphatic heterocycles. The fourth-order valence-electron chi connectivity index (χ4n) is 9.28. The van der Waals surface area contributed by atoms with E-state index in [1.54, 1.807) is 0 Å². The lowest BCUT2D eigenvalue weighted by molar-refractivity contribution is 0.475. The molecule has 4 heterocycles. The molecular weight excluding hydrogens is 685 g/mol. The first kappa shape index (κ1) is 31.3. The van der Waals surface area contributed by atoms with Gasteiger partial charge in [0.05, 0.1) is 33.4 Å². The van der Waals surface area contributed by atoms with Gasteiger partial charge in [0.1, 0.15) is 0 Å². The van der Waals surface area contributed by atoms with Gasteiger partial charge in [0.15, 0.2) is 23.0 Å². The summed E-state index contributed by atoms with van der Waals surface area (Å²) in [6, 6.07) is 53.5. The number of hydrogen-bond acceptors (Lipinski definition) is 2. The van der Waals surface area contributed by atoms with E-state index in [4.69, 9.17) is 9.47 Å². The lowest BCUT2D eigenvalue weighted by atomic mass is 9.95. The average Bonchev–Trinajstić information content (AvgIpc) is 3.71. The van der Waals surface area contributed by atoms with Crippen molar-refractivity contribution in [1.82, 2.24) is 9.13 Å². The third-order valence-electron chi connectivity index (χ3n) is 11.8. The largest absolute Gasteiger partial charge is 0.453 e. The predicted octanol–water partition coefficient (Wildman–Crippen LogP) is 14.3. The van der Waals surface area contributed by atoms with Crippen molar-refractivity contribution in [1.29, 1.82) is 0 Å². The van der Waals surface area contributed by atoms with Gasteiger partial charge >= 0.3 is 0 Å². The van der Waals surface area contributed by atoms with E-state index < -0.39 is 0 Å². The quantitative estimate of drug-likeness (QED) is 0.182. The van der Waals surface area contributed by atoms with E-state index in [1.165, 1.54) is 88.2 Å². The Hall–Kier alpha value is -7.04. The average molecular weight is 721 g/mol. The van der Waals surface area contributed by atoms with E-state index in [1.807, 2.05) is 0 Å². The molecule has 0 N–H and O–H groups in total. The molecule has 266 valence electrons. The Morgan fingerprint density at radius 3 is 1.14 bits per heavy atom. The van der Waals surface area contributed by atoms with Gasteiger partial charge in [-0.25, -0.2) is 0 Å². The number of aryl methyl sites for hydroxylation is 4. The van der Waals surface area contributed by atoms with Crippen molar-refractivity contribution >= 4 is 43.6 Å². The molecule has 0 saturated heterocycles. The highest BCUT2D eigenvalue weighted by atomic mass is 16.5. The van der Waals surface area contributed by atoms with Crippen LogP contribution < -0.4 is 9.47 Å². The molecule has 4 nitrogen and oxygen atoms in total. The Kier molecular flexibility index (Phi) is 6.29. The normalized spacial score (nSPS) is 12.6. The first-order valence-corrected chi connectivity index (χ1v) is 19.3. The molecule has 12 rings (SSSR count). The minimum atomic E-state index is 0.900. The molecule has 0 radical (unpaired) electrons. The summed E-state index contributed by atoms with van der Waals surface area (Å²) in [7, 11) is 0. The maximum atomic E-state index is 6.51. The second kappa shape index (κ2) is 11.2. The summed E-state index contributed by atoms with van der Waals surface area (Å²) >= 11 is 0. The molecule has 8 aromatic carbocycles. The van der Waals surface area contributed by atoms with Gasteiger partial charge in [-0.15, -0.1) is 0 Å². The number of fused-ring (bicyclic) bond motifs is 10. The Balaban J connectivity index is 0.953. The van der Waals surface area contributed by atoms with Gasteiger partial charge in [0.25, 0.3) is 0 Å². The van der Waals surface area contributed by atoms with Crippen molar-refractivity contribution in [3.05, 3.63) is 168 Å². The lowest BCUT2D eigenvalue weighted by Gasteiger charge is -2.21. The van der Waals surface area contributed by atoms with Gasteiger partial charge in [0, 0.05) is 21.5 Å². The van der Waals surface area contributed by atoms with E-state index in [2.05, 4.69) is 182 Å². The summed E-state index contributed by atoms with van der Waals surface area (Å²) < 4.78 is 17.8. The molecule has 0 saturated carbocycles. The summed E-state index contributed by atoms with van der Waals surface area (Å²) in [6.45, 7) is 8.52. The summed E-state index contributed by atoms with van der Waals surface area (Å²) in [5.74, 6) is 3.63. The molecule has 0 unspecified atom stereocenters. The van der Waals surface area contributed by atoms with Crippen LogP contribution in [0.3, 0.4) is 0 Å². The number of aromatic nitrogens is 2. The summed E-state index contributed by atoms with van der Waals surface area (Å²) in [4.78, 5) is 0. The Labute approximate surface area is 324 Å². The zero-order chi connectivity index (χ0) is 37.4. The van der Waals surface area contributed by atoms with E-state index in [9.17, 15) is 0 Å². The lowest BCUT2D eigenvalue weighted by Crippen LogP contribution is -2.04. The summed E-state index contributed by atoms with van der Waals surface area (Å²) in [6.07, 6.45) is 0. The van der Waals surface area contributed by atoms with Crippen LogP contribution in [0.4, 0.5) is 0 Å². The van der Waals surface area contributed by atoms with Crippen LogP contribution in [0.1, 0.15) is 22.3 Å². The van der Waals surface area contributed by atoms with E-state index in [0.717, 1.165) is 45.4 Å². The van der Waals surface area contributed by atoms with E-state index in [0.29, 0.717) is 0 Å². The molecule has 0 fully saturated rings. The second-order valence-corrected chi connectivity index (χ2v) is 15.8. The van der Waals surface area contributed by atoms with Crippen LogP contribution >= 0.6 is 0 Å². The zero-order valence-electron chi connectivity index (χ0n) is 31.6. The van der Waals surface area contributed by atoms with Crippen LogP contribution in [-0.4, -0.2) is 9.13 Å². The minimum absolute atomic E-state index is 0.900. The van der Waals surface area contributed by atoms with Crippen LogP contribution in [0.25, 0.3) is 88.4 Å². The highest BCUT2D eigenvalue weighted by Crippen LogP contribution is 2.49. The molecule has 0 aliphatic carbocycles. The highest BCUT2D eigenvalue weighted by Gasteiger charge is 2.26. The number of benzene rings is 8. The van der Waals surface area contributed by atoms with Gasteiger partial charge in [-0.05, 0) is 168 Å². The van der Waals surface area contributed by atoms with Crippen LogP contribution in [0, 0.1) is 27.7 Å². The van der Waals surface area contributed by atoms with Crippen LogP contribution in [0.2, 0.25) is 0 Å². The smallest absolute Gasteiger partial charge is 0.152 e. The molecule has 10 aromatic rings. The van der Waals surface area contributed by atoms with Gasteiger partial charge in [-0.2, -0.15) is 0 Å². The van der Waals surface area contributed by atoms with Gasteiger partial charge in [0.2, 0.25) is 0 Å². The first-order valence-electron chi connectivity index (χ1n) is 19.3. The molecule has 2 aliphatic rings. The standard InChI is InChI=1S/C52H36N2O2/c1-29-11-15-45-47(21-29)55-49-23-31(3)19-41-39-27-37(13-17-43(39)53(45)51(41)49)35-9-5-7-33(25-35)34-8-6-10-36(26-34)38-14-18-44-40(28-38)42-20-32(4)24-50-52(42)54(44)46-16-12-30(2)22-48(46)56-50/h5-28H,1-4H3. The topological polar surface area (TPSA) is 28.3 Å². The van der Waals surface area contributed by atoms with Crippen molar-refractivity contribution in [3.63, 3.8) is 0 Å². The number of hydrogen-bond donors (Lipinski definition) is 0. The van der Waals surface area contributed by atoms with E-state index >= 15 is 0 Å². The van der Waals surface area contributed by atoms with Crippen molar-refractivity contribution in [2.45, 2.75) is 27.7 Å². The molecule has 56 heavy (non-hydrogen) atoms. The maximum Gasteiger partial charge on any atom is 0.152 e.